The zero-order valence-corrected chi connectivity index (χ0v) is 17.7. The molecule has 7 heteroatoms. The summed E-state index contributed by atoms with van der Waals surface area (Å²) in [6, 6.07) is 10.8. The maximum absolute atomic E-state index is 12.7. The average molecular weight is 401 g/mol. The van der Waals surface area contributed by atoms with E-state index in [4.69, 9.17) is 0 Å². The van der Waals surface area contributed by atoms with Crippen LogP contribution in [0.5, 0.6) is 0 Å². The molecule has 0 atom stereocenters. The summed E-state index contributed by atoms with van der Waals surface area (Å²) >= 11 is 0. The van der Waals surface area contributed by atoms with E-state index in [1.165, 1.54) is 0 Å². The van der Waals surface area contributed by atoms with Crippen molar-refractivity contribution >= 4 is 21.2 Å². The van der Waals surface area contributed by atoms with Crippen molar-refractivity contribution in [1.29, 1.82) is 0 Å². The Morgan fingerprint density at radius 2 is 1.75 bits per heavy atom. The van der Waals surface area contributed by atoms with E-state index in [9.17, 15) is 8.42 Å². The van der Waals surface area contributed by atoms with Gasteiger partial charge in [-0.15, -0.1) is 0 Å². The molecule has 0 saturated carbocycles. The fourth-order valence-electron chi connectivity index (χ4n) is 3.22. The highest BCUT2D eigenvalue weighted by Gasteiger charge is 2.18. The van der Waals surface area contributed by atoms with Crippen LogP contribution in [0.15, 0.2) is 47.5 Å². The summed E-state index contributed by atoms with van der Waals surface area (Å²) < 4.78 is 30.1. The van der Waals surface area contributed by atoms with Crippen LogP contribution in [0.2, 0.25) is 0 Å². The number of benzene rings is 1. The average Bonchev–Trinajstić information content (AvgIpc) is 2.97. The number of imidazole rings is 1. The molecule has 0 fully saturated rings. The predicted octanol–water partition coefficient (Wildman–Crippen LogP) is 3.76. The van der Waals surface area contributed by atoms with Gasteiger partial charge in [-0.3, -0.25) is 0 Å². The molecule has 0 aliphatic heterocycles. The highest BCUT2D eigenvalue weighted by molar-refractivity contribution is 7.89. The van der Waals surface area contributed by atoms with Crippen molar-refractivity contribution in [3.05, 3.63) is 54.0 Å². The molecule has 3 rings (SSSR count). The van der Waals surface area contributed by atoms with Gasteiger partial charge in [-0.1, -0.05) is 39.8 Å². The first kappa shape index (κ1) is 20.5. The first-order chi connectivity index (χ1) is 13.3. The lowest BCUT2D eigenvalue weighted by Crippen LogP contribution is -2.25. The van der Waals surface area contributed by atoms with Crippen molar-refractivity contribution in [3.8, 4) is 0 Å². The Labute approximate surface area is 167 Å². The molecule has 0 amide bonds. The Balaban J connectivity index is 1.81. The van der Waals surface area contributed by atoms with E-state index in [1.54, 1.807) is 18.3 Å². The quantitative estimate of drug-likeness (QED) is 0.624. The summed E-state index contributed by atoms with van der Waals surface area (Å²) in [5.74, 6) is 1.59. The molecule has 1 N–H and O–H groups in total. The normalized spacial score (nSPS) is 12.4. The highest BCUT2D eigenvalue weighted by atomic mass is 32.2. The van der Waals surface area contributed by atoms with Gasteiger partial charge in [0.25, 0.3) is 0 Å². The fourth-order valence-corrected chi connectivity index (χ4v) is 4.20. The Bertz CT molecular complexity index is 1040. The lowest BCUT2D eigenvalue weighted by Gasteiger charge is -2.12. The number of hydrogen-bond acceptors (Lipinski definition) is 4. The van der Waals surface area contributed by atoms with Crippen LogP contribution in [0.25, 0.3) is 11.2 Å². The minimum Gasteiger partial charge on any atom is -0.311 e. The number of rotatable bonds is 8. The second-order valence-electron chi connectivity index (χ2n) is 7.95. The lowest BCUT2D eigenvalue weighted by atomic mass is 10.0. The SMILES string of the molecule is CC(C)Cc1ccc(S(=O)(=O)NCc2nc3cccnc3n2CC(C)C)cc1. The Morgan fingerprint density at radius 3 is 2.39 bits per heavy atom. The number of hydrogen-bond donors (Lipinski definition) is 1. The maximum Gasteiger partial charge on any atom is 0.240 e. The smallest absolute Gasteiger partial charge is 0.240 e. The van der Waals surface area contributed by atoms with Crippen LogP contribution in [0.1, 0.15) is 39.1 Å². The first-order valence-corrected chi connectivity index (χ1v) is 11.1. The Kier molecular flexibility index (Phi) is 6.15. The van der Waals surface area contributed by atoms with E-state index < -0.39 is 10.0 Å². The summed E-state index contributed by atoms with van der Waals surface area (Å²) in [4.78, 5) is 9.26. The van der Waals surface area contributed by atoms with Gasteiger partial charge in [0.05, 0.1) is 11.4 Å². The minimum atomic E-state index is -3.61. The van der Waals surface area contributed by atoms with Crippen molar-refractivity contribution in [3.63, 3.8) is 0 Å². The van der Waals surface area contributed by atoms with E-state index in [2.05, 4.69) is 42.4 Å². The third kappa shape index (κ3) is 4.77. The van der Waals surface area contributed by atoms with Crippen molar-refractivity contribution in [2.24, 2.45) is 11.8 Å². The molecular weight excluding hydrogens is 372 g/mol. The standard InChI is InChI=1S/C21H28N4O2S/c1-15(2)12-17-7-9-18(10-8-17)28(26,27)23-13-20-24-19-6-5-11-22-21(19)25(20)14-16(3)4/h5-11,15-16,23H,12-14H2,1-4H3. The van der Waals surface area contributed by atoms with E-state index >= 15 is 0 Å². The number of sulfonamides is 1. The van der Waals surface area contributed by atoms with Crippen LogP contribution in [0, 0.1) is 11.8 Å². The van der Waals surface area contributed by atoms with Crippen LogP contribution >= 0.6 is 0 Å². The number of aromatic nitrogens is 3. The van der Waals surface area contributed by atoms with Gasteiger partial charge in [0.15, 0.2) is 5.65 Å². The summed E-state index contributed by atoms with van der Waals surface area (Å²) in [7, 11) is -3.61. The molecular formula is C21H28N4O2S. The summed E-state index contributed by atoms with van der Waals surface area (Å²) in [5.41, 5.74) is 2.69. The number of fused-ring (bicyclic) bond motifs is 1. The lowest BCUT2D eigenvalue weighted by molar-refractivity contribution is 0.510. The largest absolute Gasteiger partial charge is 0.311 e. The van der Waals surface area contributed by atoms with Crippen LogP contribution < -0.4 is 4.72 Å². The number of nitrogens with one attached hydrogen (secondary N) is 1. The molecule has 3 aromatic rings. The number of pyridine rings is 1. The van der Waals surface area contributed by atoms with Crippen molar-refractivity contribution in [2.45, 2.75) is 52.1 Å². The fraction of sp³-hybridized carbons (Fsp3) is 0.429. The van der Waals surface area contributed by atoms with E-state index in [0.29, 0.717) is 17.7 Å². The van der Waals surface area contributed by atoms with Gasteiger partial charge >= 0.3 is 0 Å². The topological polar surface area (TPSA) is 76.9 Å². The van der Waals surface area contributed by atoms with Gasteiger partial charge in [-0.05, 0) is 48.1 Å². The van der Waals surface area contributed by atoms with E-state index in [-0.39, 0.29) is 11.4 Å². The third-order valence-corrected chi connectivity index (χ3v) is 5.85. The van der Waals surface area contributed by atoms with Gasteiger partial charge < -0.3 is 4.57 Å². The van der Waals surface area contributed by atoms with Crippen molar-refractivity contribution < 1.29 is 8.42 Å². The molecule has 0 aliphatic rings. The molecule has 0 unspecified atom stereocenters. The molecule has 0 saturated heterocycles. The second-order valence-corrected chi connectivity index (χ2v) is 9.71. The first-order valence-electron chi connectivity index (χ1n) is 9.65. The van der Waals surface area contributed by atoms with Gasteiger partial charge in [-0.2, -0.15) is 0 Å². The predicted molar refractivity (Wildman–Crippen MR) is 111 cm³/mol. The molecule has 2 heterocycles. The van der Waals surface area contributed by atoms with Crippen LogP contribution in [-0.4, -0.2) is 23.0 Å². The molecule has 28 heavy (non-hydrogen) atoms. The molecule has 0 aliphatic carbocycles. The zero-order valence-electron chi connectivity index (χ0n) is 16.9. The maximum atomic E-state index is 12.7. The Hall–Kier alpha value is -2.25. The van der Waals surface area contributed by atoms with E-state index in [0.717, 1.165) is 29.7 Å². The van der Waals surface area contributed by atoms with Crippen molar-refractivity contribution in [1.82, 2.24) is 19.3 Å². The summed E-state index contributed by atoms with van der Waals surface area (Å²) in [5, 5.41) is 0. The number of nitrogens with zero attached hydrogens (tertiary/aromatic N) is 3. The molecule has 6 nitrogen and oxygen atoms in total. The summed E-state index contributed by atoms with van der Waals surface area (Å²) in [6.45, 7) is 9.37. The van der Waals surface area contributed by atoms with Crippen LogP contribution in [0.4, 0.5) is 0 Å². The second kappa shape index (κ2) is 8.41. The van der Waals surface area contributed by atoms with Gasteiger partial charge in [-0.25, -0.2) is 23.1 Å². The van der Waals surface area contributed by atoms with Gasteiger partial charge in [0.2, 0.25) is 10.0 Å². The van der Waals surface area contributed by atoms with Crippen LogP contribution in [0.3, 0.4) is 0 Å². The highest BCUT2D eigenvalue weighted by Crippen LogP contribution is 2.17. The third-order valence-electron chi connectivity index (χ3n) is 4.43. The van der Waals surface area contributed by atoms with Gasteiger partial charge in [0, 0.05) is 12.7 Å². The van der Waals surface area contributed by atoms with E-state index in [1.807, 2.05) is 28.8 Å². The molecule has 0 spiro atoms. The summed E-state index contributed by atoms with van der Waals surface area (Å²) in [6.07, 6.45) is 2.66. The van der Waals surface area contributed by atoms with Crippen LogP contribution in [-0.2, 0) is 29.5 Å². The monoisotopic (exact) mass is 400 g/mol. The molecule has 150 valence electrons. The molecule has 0 radical (unpaired) electrons. The molecule has 0 bridgehead atoms. The molecule has 2 aromatic heterocycles. The zero-order chi connectivity index (χ0) is 20.3. The minimum absolute atomic E-state index is 0.124. The van der Waals surface area contributed by atoms with Gasteiger partial charge in [0.1, 0.15) is 11.3 Å². The van der Waals surface area contributed by atoms with Crippen molar-refractivity contribution in [2.75, 3.05) is 0 Å². The molecule has 1 aromatic carbocycles. The Morgan fingerprint density at radius 1 is 1.04 bits per heavy atom.